The van der Waals surface area contributed by atoms with Crippen molar-refractivity contribution in [3.8, 4) is 0 Å². The number of rotatable bonds is 4. The molecule has 0 saturated carbocycles. The molecule has 0 spiro atoms. The Morgan fingerprint density at radius 2 is 1.95 bits per heavy atom. The molecule has 0 aliphatic carbocycles. The van der Waals surface area contributed by atoms with E-state index in [1.54, 1.807) is 0 Å². The lowest BCUT2D eigenvalue weighted by Gasteiger charge is -2.14. The average Bonchev–Trinajstić information content (AvgIpc) is 2.80. The van der Waals surface area contributed by atoms with Gasteiger partial charge in [0.25, 0.3) is 0 Å². The normalized spacial score (nSPS) is 14.5. The van der Waals surface area contributed by atoms with E-state index < -0.39 is 0 Å². The number of benzene rings is 1. The van der Waals surface area contributed by atoms with Crippen LogP contribution in [0.1, 0.15) is 41.5 Å². The van der Waals surface area contributed by atoms with Crippen molar-refractivity contribution in [2.24, 2.45) is 0 Å². The number of Topliss-reactive ketones (excluding diaryl/α,β-unsaturated/α-hetero) is 1. The third kappa shape index (κ3) is 2.59. The van der Waals surface area contributed by atoms with Gasteiger partial charge in [0.15, 0.2) is 5.78 Å². The molecule has 0 fully saturated rings. The molecule has 0 radical (unpaired) electrons. The van der Waals surface area contributed by atoms with Gasteiger partial charge in [-0.3, -0.25) is 4.79 Å². The number of ether oxygens (including phenoxy) is 1. The fourth-order valence-corrected chi connectivity index (χ4v) is 3.05. The van der Waals surface area contributed by atoms with Crippen LogP contribution in [-0.2, 0) is 11.3 Å². The van der Waals surface area contributed by atoms with Crippen molar-refractivity contribution in [1.29, 1.82) is 0 Å². The van der Waals surface area contributed by atoms with E-state index in [4.69, 9.17) is 4.74 Å². The van der Waals surface area contributed by atoms with Gasteiger partial charge >= 0.3 is 0 Å². The van der Waals surface area contributed by atoms with Gasteiger partial charge in [-0.15, -0.1) is 0 Å². The number of carbonyl (C=O) groups excluding carboxylic acids is 1. The molecule has 0 bridgehead atoms. The summed E-state index contributed by atoms with van der Waals surface area (Å²) in [5, 5.41) is 0. The maximum absolute atomic E-state index is 13.1. The first-order valence-electron chi connectivity index (χ1n) is 7.84. The van der Waals surface area contributed by atoms with Crippen molar-refractivity contribution < 1.29 is 9.53 Å². The Balaban J connectivity index is 2.15. The highest BCUT2D eigenvalue weighted by atomic mass is 16.5. The Bertz CT molecular complexity index is 710. The fraction of sp³-hybridized carbons (Fsp3) is 0.316. The predicted molar refractivity (Wildman–Crippen MR) is 87.7 cm³/mol. The van der Waals surface area contributed by atoms with Crippen molar-refractivity contribution in [3.63, 3.8) is 0 Å². The topological polar surface area (TPSA) is 31.2 Å². The molecule has 0 atom stereocenters. The summed E-state index contributed by atoms with van der Waals surface area (Å²) in [5.74, 6) is 0.874. The molecule has 1 aromatic heterocycles. The van der Waals surface area contributed by atoms with Crippen LogP contribution in [0.4, 0.5) is 0 Å². The predicted octanol–water partition coefficient (Wildman–Crippen LogP) is 4.22. The number of hydrogen-bond donors (Lipinski definition) is 0. The van der Waals surface area contributed by atoms with E-state index in [1.165, 1.54) is 5.69 Å². The van der Waals surface area contributed by atoms with Gasteiger partial charge in [0.05, 0.1) is 17.9 Å². The standard InChI is InChI=1S/C19H21NO2/c1-3-22-17-10-7-13-20-14(2)11-12-16(20)18(17)19(21)15-8-5-4-6-9-15/h4-6,8-9,11-12H,3,7,10,13H2,1-2H3. The van der Waals surface area contributed by atoms with Gasteiger partial charge in [0, 0.05) is 24.2 Å². The molecule has 0 N–H and O–H groups in total. The SMILES string of the molecule is CCOC1=C(C(=O)c2ccccc2)c2ccc(C)n2CCC1. The number of aromatic nitrogens is 1. The maximum Gasteiger partial charge on any atom is 0.198 e. The molecule has 3 rings (SSSR count). The highest BCUT2D eigenvalue weighted by Gasteiger charge is 2.25. The number of hydrogen-bond acceptors (Lipinski definition) is 2. The Labute approximate surface area is 131 Å². The minimum atomic E-state index is 0.0466. The zero-order valence-corrected chi connectivity index (χ0v) is 13.1. The summed E-state index contributed by atoms with van der Waals surface area (Å²) in [6, 6.07) is 13.6. The lowest BCUT2D eigenvalue weighted by atomic mass is 9.99. The lowest BCUT2D eigenvalue weighted by molar-refractivity contribution is 0.105. The first-order valence-corrected chi connectivity index (χ1v) is 7.84. The Hall–Kier alpha value is -2.29. The summed E-state index contributed by atoms with van der Waals surface area (Å²) in [6.45, 7) is 5.56. The van der Waals surface area contributed by atoms with Gasteiger partial charge in [-0.25, -0.2) is 0 Å². The van der Waals surface area contributed by atoms with Crippen LogP contribution in [0.2, 0.25) is 0 Å². The Kier molecular flexibility index (Phi) is 4.14. The van der Waals surface area contributed by atoms with Crippen LogP contribution in [0.3, 0.4) is 0 Å². The number of allylic oxidation sites excluding steroid dienone is 2. The van der Waals surface area contributed by atoms with E-state index in [2.05, 4.69) is 17.6 Å². The van der Waals surface area contributed by atoms with Crippen LogP contribution >= 0.6 is 0 Å². The summed E-state index contributed by atoms with van der Waals surface area (Å²) >= 11 is 0. The zero-order chi connectivity index (χ0) is 15.5. The monoisotopic (exact) mass is 295 g/mol. The van der Waals surface area contributed by atoms with Gasteiger partial charge in [0.2, 0.25) is 0 Å². The number of ketones is 1. The molecular weight excluding hydrogens is 274 g/mol. The molecule has 22 heavy (non-hydrogen) atoms. The van der Waals surface area contributed by atoms with Crippen LogP contribution in [0.15, 0.2) is 48.2 Å². The molecular formula is C19H21NO2. The lowest BCUT2D eigenvalue weighted by Crippen LogP contribution is -2.10. The van der Waals surface area contributed by atoms with Crippen molar-refractivity contribution in [3.05, 3.63) is 65.2 Å². The minimum absolute atomic E-state index is 0.0466. The molecule has 3 nitrogen and oxygen atoms in total. The second-order valence-corrected chi connectivity index (χ2v) is 5.54. The molecule has 1 aromatic carbocycles. The summed E-state index contributed by atoms with van der Waals surface area (Å²) in [5.41, 5.74) is 3.60. The van der Waals surface area contributed by atoms with E-state index in [0.29, 0.717) is 12.2 Å². The number of fused-ring (bicyclic) bond motifs is 1. The van der Waals surface area contributed by atoms with E-state index >= 15 is 0 Å². The van der Waals surface area contributed by atoms with Gasteiger partial charge < -0.3 is 9.30 Å². The summed E-state index contributed by atoms with van der Waals surface area (Å²) < 4.78 is 8.05. The molecule has 1 aliphatic heterocycles. The molecule has 0 amide bonds. The van der Waals surface area contributed by atoms with Gasteiger partial charge in [-0.2, -0.15) is 0 Å². The molecule has 114 valence electrons. The van der Waals surface area contributed by atoms with Crippen LogP contribution in [0.25, 0.3) is 5.57 Å². The van der Waals surface area contributed by atoms with Crippen molar-refractivity contribution in [1.82, 2.24) is 4.57 Å². The van der Waals surface area contributed by atoms with E-state index in [9.17, 15) is 4.79 Å². The average molecular weight is 295 g/mol. The molecule has 0 saturated heterocycles. The fourth-order valence-electron chi connectivity index (χ4n) is 3.05. The van der Waals surface area contributed by atoms with Crippen molar-refractivity contribution in [2.75, 3.05) is 6.61 Å². The van der Waals surface area contributed by atoms with Gasteiger partial charge in [-0.05, 0) is 32.4 Å². The highest BCUT2D eigenvalue weighted by Crippen LogP contribution is 2.31. The van der Waals surface area contributed by atoms with Crippen LogP contribution in [-0.4, -0.2) is 17.0 Å². The number of aryl methyl sites for hydroxylation is 1. The summed E-state index contributed by atoms with van der Waals surface area (Å²) in [6.07, 6.45) is 1.80. The molecule has 2 heterocycles. The van der Waals surface area contributed by atoms with Crippen molar-refractivity contribution >= 4 is 11.4 Å². The van der Waals surface area contributed by atoms with Gasteiger partial charge in [0.1, 0.15) is 5.76 Å². The summed E-state index contributed by atoms with van der Waals surface area (Å²) in [4.78, 5) is 13.1. The third-order valence-corrected chi connectivity index (χ3v) is 4.10. The Morgan fingerprint density at radius 3 is 2.68 bits per heavy atom. The van der Waals surface area contributed by atoms with E-state index in [0.717, 1.165) is 36.4 Å². The first kappa shape index (κ1) is 14.6. The number of nitrogens with zero attached hydrogens (tertiary/aromatic N) is 1. The second-order valence-electron chi connectivity index (χ2n) is 5.54. The van der Waals surface area contributed by atoms with Gasteiger partial charge in [-0.1, -0.05) is 30.3 Å². The smallest absolute Gasteiger partial charge is 0.198 e. The molecule has 0 unspecified atom stereocenters. The first-order chi connectivity index (χ1) is 10.7. The van der Waals surface area contributed by atoms with Crippen LogP contribution < -0.4 is 0 Å². The number of carbonyl (C=O) groups is 1. The third-order valence-electron chi connectivity index (χ3n) is 4.10. The minimum Gasteiger partial charge on any atom is -0.497 e. The zero-order valence-electron chi connectivity index (χ0n) is 13.1. The van der Waals surface area contributed by atoms with E-state index in [1.807, 2.05) is 43.3 Å². The van der Waals surface area contributed by atoms with Crippen LogP contribution in [0.5, 0.6) is 0 Å². The quantitative estimate of drug-likeness (QED) is 0.791. The maximum atomic E-state index is 13.1. The van der Waals surface area contributed by atoms with Crippen molar-refractivity contribution in [2.45, 2.75) is 33.2 Å². The molecule has 1 aliphatic rings. The Morgan fingerprint density at radius 1 is 1.18 bits per heavy atom. The van der Waals surface area contributed by atoms with E-state index in [-0.39, 0.29) is 5.78 Å². The summed E-state index contributed by atoms with van der Waals surface area (Å²) in [7, 11) is 0. The molecule has 2 aromatic rings. The van der Waals surface area contributed by atoms with Crippen LogP contribution in [0, 0.1) is 6.92 Å². The molecule has 3 heteroatoms. The highest BCUT2D eigenvalue weighted by molar-refractivity contribution is 6.29. The second kappa shape index (κ2) is 6.22. The largest absolute Gasteiger partial charge is 0.497 e.